The van der Waals surface area contributed by atoms with E-state index < -0.39 is 23.5 Å². The number of nitriles is 1. The van der Waals surface area contributed by atoms with Crippen LogP contribution in [-0.2, 0) is 0 Å². The molecule has 3 nitrogen and oxygen atoms in total. The van der Waals surface area contributed by atoms with Gasteiger partial charge >= 0.3 is 0 Å². The Morgan fingerprint density at radius 1 is 1.21 bits per heavy atom. The molecule has 1 aliphatic heterocycles. The number of hydrogen-bond donors (Lipinski definition) is 1. The maximum atomic E-state index is 13.8. The number of hydrogen-bond acceptors (Lipinski definition) is 3. The summed E-state index contributed by atoms with van der Waals surface area (Å²) in [5, 5.41) is 12.0. The molecule has 1 aromatic carbocycles. The summed E-state index contributed by atoms with van der Waals surface area (Å²) >= 11 is 0. The standard InChI is InChI=1S/C13H14F3N3/c14-9-1-2-10(15)13(16)12(9)11(3-4-17)19-7-5-18-6-8-19/h1-2,11,18H,3,5-8H2/t11-/m0/s1. The van der Waals surface area contributed by atoms with E-state index in [1.807, 2.05) is 6.07 Å². The second-order valence-electron chi connectivity index (χ2n) is 4.42. The molecular weight excluding hydrogens is 255 g/mol. The molecule has 1 N–H and O–H groups in total. The summed E-state index contributed by atoms with van der Waals surface area (Å²) in [4.78, 5) is 1.81. The summed E-state index contributed by atoms with van der Waals surface area (Å²) in [5.74, 6) is -3.09. The summed E-state index contributed by atoms with van der Waals surface area (Å²) in [6.45, 7) is 2.50. The second kappa shape index (κ2) is 6.04. The van der Waals surface area contributed by atoms with Crippen molar-refractivity contribution in [3.05, 3.63) is 35.1 Å². The molecular formula is C13H14F3N3. The minimum absolute atomic E-state index is 0.0721. The lowest BCUT2D eigenvalue weighted by atomic mass is 10.00. The zero-order valence-electron chi connectivity index (χ0n) is 10.3. The lowest BCUT2D eigenvalue weighted by Crippen LogP contribution is -2.45. The Bertz CT molecular complexity index is 493. The van der Waals surface area contributed by atoms with Gasteiger partial charge < -0.3 is 5.32 Å². The summed E-state index contributed by atoms with van der Waals surface area (Å²) in [7, 11) is 0. The van der Waals surface area contributed by atoms with Crippen LogP contribution >= 0.6 is 0 Å². The van der Waals surface area contributed by atoms with Gasteiger partial charge in [0.2, 0.25) is 0 Å². The SMILES string of the molecule is N#CC[C@@H](c1c(F)ccc(F)c1F)N1CCNCC1. The van der Waals surface area contributed by atoms with Gasteiger partial charge in [0.1, 0.15) is 5.82 Å². The molecule has 1 heterocycles. The number of nitrogens with one attached hydrogen (secondary N) is 1. The Balaban J connectivity index is 2.38. The Morgan fingerprint density at radius 3 is 2.47 bits per heavy atom. The fraction of sp³-hybridized carbons (Fsp3) is 0.462. The van der Waals surface area contributed by atoms with Crippen molar-refractivity contribution in [2.45, 2.75) is 12.5 Å². The topological polar surface area (TPSA) is 39.1 Å². The van der Waals surface area contributed by atoms with Crippen LogP contribution in [-0.4, -0.2) is 31.1 Å². The van der Waals surface area contributed by atoms with Crippen LogP contribution in [0.3, 0.4) is 0 Å². The van der Waals surface area contributed by atoms with Crippen LogP contribution in [0.15, 0.2) is 12.1 Å². The van der Waals surface area contributed by atoms with Gasteiger partial charge in [0.05, 0.1) is 18.5 Å². The average molecular weight is 269 g/mol. The van der Waals surface area contributed by atoms with E-state index in [0.717, 1.165) is 12.1 Å². The molecule has 1 fully saturated rings. The van der Waals surface area contributed by atoms with E-state index in [9.17, 15) is 13.2 Å². The van der Waals surface area contributed by atoms with E-state index >= 15 is 0 Å². The van der Waals surface area contributed by atoms with E-state index in [1.165, 1.54) is 0 Å². The van der Waals surface area contributed by atoms with Gasteiger partial charge in [-0.25, -0.2) is 13.2 Å². The molecule has 6 heteroatoms. The highest BCUT2D eigenvalue weighted by atomic mass is 19.2. The van der Waals surface area contributed by atoms with E-state index in [2.05, 4.69) is 5.32 Å². The Morgan fingerprint density at radius 2 is 1.84 bits per heavy atom. The minimum Gasteiger partial charge on any atom is -0.314 e. The Kier molecular flexibility index (Phi) is 4.40. The van der Waals surface area contributed by atoms with Gasteiger partial charge in [0.15, 0.2) is 11.6 Å². The van der Waals surface area contributed by atoms with Gasteiger partial charge in [0.25, 0.3) is 0 Å². The molecule has 0 bridgehead atoms. The molecule has 1 aromatic rings. The summed E-state index contributed by atoms with van der Waals surface area (Å²) in [5.41, 5.74) is -0.344. The number of piperazine rings is 1. The molecule has 19 heavy (non-hydrogen) atoms. The van der Waals surface area contributed by atoms with Crippen molar-refractivity contribution in [3.63, 3.8) is 0 Å². The highest BCUT2D eigenvalue weighted by Crippen LogP contribution is 2.30. The summed E-state index contributed by atoms with van der Waals surface area (Å²) < 4.78 is 40.9. The van der Waals surface area contributed by atoms with Crippen LogP contribution in [0.4, 0.5) is 13.2 Å². The normalized spacial score (nSPS) is 18.0. The van der Waals surface area contributed by atoms with E-state index in [4.69, 9.17) is 5.26 Å². The lowest BCUT2D eigenvalue weighted by Gasteiger charge is -2.34. The molecule has 0 amide bonds. The highest BCUT2D eigenvalue weighted by Gasteiger charge is 2.28. The van der Waals surface area contributed by atoms with Crippen molar-refractivity contribution in [2.24, 2.45) is 0 Å². The fourth-order valence-electron chi connectivity index (χ4n) is 2.34. The zero-order chi connectivity index (χ0) is 13.8. The van der Waals surface area contributed by atoms with Gasteiger partial charge in [-0.15, -0.1) is 0 Å². The van der Waals surface area contributed by atoms with Gasteiger partial charge in [-0.3, -0.25) is 4.90 Å². The summed E-state index contributed by atoms with van der Waals surface area (Å²) in [6, 6.07) is 2.83. The van der Waals surface area contributed by atoms with Crippen LogP contribution in [0.5, 0.6) is 0 Å². The maximum absolute atomic E-state index is 13.8. The number of rotatable bonds is 3. The van der Waals surface area contributed by atoms with Crippen LogP contribution in [0.25, 0.3) is 0 Å². The molecule has 2 rings (SSSR count). The molecule has 102 valence electrons. The first kappa shape index (κ1) is 13.8. The van der Waals surface area contributed by atoms with Gasteiger partial charge in [0, 0.05) is 31.7 Å². The van der Waals surface area contributed by atoms with Crippen LogP contribution < -0.4 is 5.32 Å². The fourth-order valence-corrected chi connectivity index (χ4v) is 2.34. The first-order valence-corrected chi connectivity index (χ1v) is 6.10. The van der Waals surface area contributed by atoms with E-state index in [-0.39, 0.29) is 12.0 Å². The largest absolute Gasteiger partial charge is 0.314 e. The predicted octanol–water partition coefficient (Wildman–Crippen LogP) is 1.96. The molecule has 0 saturated carbocycles. The van der Waals surface area contributed by atoms with Gasteiger partial charge in [-0.1, -0.05) is 0 Å². The van der Waals surface area contributed by atoms with Crippen molar-refractivity contribution in [1.29, 1.82) is 5.26 Å². The molecule has 0 aliphatic carbocycles. The lowest BCUT2D eigenvalue weighted by molar-refractivity contribution is 0.168. The highest BCUT2D eigenvalue weighted by molar-refractivity contribution is 5.25. The molecule has 0 unspecified atom stereocenters. The van der Waals surface area contributed by atoms with Crippen LogP contribution in [0.2, 0.25) is 0 Å². The van der Waals surface area contributed by atoms with Gasteiger partial charge in [-0.2, -0.15) is 5.26 Å². The van der Waals surface area contributed by atoms with Crippen LogP contribution in [0.1, 0.15) is 18.0 Å². The first-order valence-electron chi connectivity index (χ1n) is 6.10. The third-order valence-corrected chi connectivity index (χ3v) is 3.29. The number of benzene rings is 1. The average Bonchev–Trinajstić information content (AvgIpc) is 2.43. The van der Waals surface area contributed by atoms with Crippen molar-refractivity contribution < 1.29 is 13.2 Å². The third kappa shape index (κ3) is 2.88. The first-order chi connectivity index (χ1) is 9.15. The molecule has 1 atom stereocenters. The van der Waals surface area contributed by atoms with Crippen molar-refractivity contribution in [1.82, 2.24) is 10.2 Å². The molecule has 0 radical (unpaired) electrons. The predicted molar refractivity (Wildman–Crippen MR) is 63.7 cm³/mol. The number of halogens is 3. The van der Waals surface area contributed by atoms with Crippen molar-refractivity contribution in [3.8, 4) is 6.07 Å². The van der Waals surface area contributed by atoms with Crippen molar-refractivity contribution >= 4 is 0 Å². The van der Waals surface area contributed by atoms with Crippen molar-refractivity contribution in [2.75, 3.05) is 26.2 Å². The quantitative estimate of drug-likeness (QED) is 0.853. The molecule has 1 aliphatic rings. The number of nitrogens with zero attached hydrogens (tertiary/aromatic N) is 2. The zero-order valence-corrected chi connectivity index (χ0v) is 10.3. The van der Waals surface area contributed by atoms with E-state index in [1.54, 1.807) is 4.90 Å². The Hall–Kier alpha value is -1.58. The molecule has 0 aromatic heterocycles. The summed E-state index contributed by atoms with van der Waals surface area (Å²) in [6.07, 6.45) is -0.0721. The smallest absolute Gasteiger partial charge is 0.166 e. The maximum Gasteiger partial charge on any atom is 0.166 e. The minimum atomic E-state index is -1.20. The van der Waals surface area contributed by atoms with Gasteiger partial charge in [-0.05, 0) is 12.1 Å². The second-order valence-corrected chi connectivity index (χ2v) is 4.42. The molecule has 0 spiro atoms. The molecule has 1 saturated heterocycles. The van der Waals surface area contributed by atoms with E-state index in [0.29, 0.717) is 26.2 Å². The monoisotopic (exact) mass is 269 g/mol. The Labute approximate surface area is 109 Å². The van der Waals surface area contributed by atoms with Crippen LogP contribution in [0, 0.1) is 28.8 Å². The third-order valence-electron chi connectivity index (χ3n) is 3.29.